The molecule has 3 aromatic carbocycles. The Kier molecular flexibility index (Phi) is 9.28. The van der Waals surface area contributed by atoms with Gasteiger partial charge in [0.25, 0.3) is 5.56 Å². The van der Waals surface area contributed by atoms with Crippen LogP contribution in [0.1, 0.15) is 22.3 Å². The summed E-state index contributed by atoms with van der Waals surface area (Å²) in [5.41, 5.74) is 1.37. The highest BCUT2D eigenvalue weighted by Gasteiger charge is 2.16. The summed E-state index contributed by atoms with van der Waals surface area (Å²) >= 11 is 1.07. The number of Topliss-reactive ketones (excluding diaryl/α,β-unsaturated/α-hetero) is 1. The number of aromatic nitrogens is 2. The second kappa shape index (κ2) is 13.0. The molecule has 0 spiro atoms. The molecule has 11 heteroatoms. The number of ketones is 1. The average Bonchev–Trinajstić information content (AvgIpc) is 2.96. The number of rotatable bonds is 12. The molecule has 4 rings (SSSR count). The number of fused-ring (bicyclic) bond motifs is 1. The molecular weight excluding hydrogens is 534 g/mol. The number of nitrogens with one attached hydrogen (secondary N) is 1. The molecule has 1 amide bonds. The largest absolute Gasteiger partial charge is 0.504 e. The van der Waals surface area contributed by atoms with E-state index in [1.165, 1.54) is 22.8 Å². The minimum atomic E-state index is -0.395. The van der Waals surface area contributed by atoms with E-state index >= 15 is 0 Å². The van der Waals surface area contributed by atoms with Crippen molar-refractivity contribution in [3.63, 3.8) is 0 Å². The standard InChI is InChI=1S/C29H29N3O7S/c1-38-25-10-7-18(15-26(25)39-2)11-13-30-27(36)12-14-32-28(37)20-5-3-4-6-21(20)31-29(32)40-17-24(35)19-8-9-22(33)23(34)16-19/h3-10,15-16,33-34H,11-14,17H2,1-2H3,(H,30,36). The number of phenolic OH excluding ortho intramolecular Hbond substituents is 2. The van der Waals surface area contributed by atoms with Gasteiger partial charge < -0.3 is 25.0 Å². The fourth-order valence-electron chi connectivity index (χ4n) is 4.05. The number of aromatic hydroxyl groups is 2. The predicted octanol–water partition coefficient (Wildman–Crippen LogP) is 3.55. The number of thioether (sulfide) groups is 1. The van der Waals surface area contributed by atoms with Crippen molar-refractivity contribution in [1.82, 2.24) is 14.9 Å². The number of methoxy groups -OCH3 is 2. The Morgan fingerprint density at radius 3 is 2.50 bits per heavy atom. The molecule has 0 bridgehead atoms. The molecule has 1 aromatic heterocycles. The molecule has 10 nitrogen and oxygen atoms in total. The predicted molar refractivity (Wildman–Crippen MR) is 152 cm³/mol. The molecule has 0 fully saturated rings. The topological polar surface area (TPSA) is 140 Å². The van der Waals surface area contributed by atoms with Gasteiger partial charge >= 0.3 is 0 Å². The third kappa shape index (κ3) is 6.73. The van der Waals surface area contributed by atoms with E-state index in [0.29, 0.717) is 40.5 Å². The fraction of sp³-hybridized carbons (Fsp3) is 0.241. The first-order valence-corrected chi connectivity index (χ1v) is 13.4. The van der Waals surface area contributed by atoms with E-state index in [2.05, 4.69) is 10.3 Å². The molecule has 0 aliphatic rings. The molecule has 4 aromatic rings. The first-order valence-electron chi connectivity index (χ1n) is 12.5. The van der Waals surface area contributed by atoms with E-state index in [1.807, 2.05) is 18.2 Å². The lowest BCUT2D eigenvalue weighted by Gasteiger charge is -2.13. The average molecular weight is 564 g/mol. The summed E-state index contributed by atoms with van der Waals surface area (Å²) in [5, 5.41) is 22.8. The van der Waals surface area contributed by atoms with Crippen LogP contribution in [0.3, 0.4) is 0 Å². The second-order valence-corrected chi connectivity index (χ2v) is 9.77. The van der Waals surface area contributed by atoms with Crippen molar-refractivity contribution in [3.05, 3.63) is 82.1 Å². The molecule has 0 radical (unpaired) electrons. The zero-order valence-corrected chi connectivity index (χ0v) is 22.9. The van der Waals surface area contributed by atoms with Gasteiger partial charge in [0.1, 0.15) is 0 Å². The molecule has 40 heavy (non-hydrogen) atoms. The first kappa shape index (κ1) is 28.5. The van der Waals surface area contributed by atoms with Crippen LogP contribution in [-0.2, 0) is 17.8 Å². The first-order chi connectivity index (χ1) is 19.3. The third-order valence-electron chi connectivity index (χ3n) is 6.20. The third-order valence-corrected chi connectivity index (χ3v) is 7.18. The number of hydrogen-bond acceptors (Lipinski definition) is 9. The van der Waals surface area contributed by atoms with Gasteiger partial charge in [-0.25, -0.2) is 4.98 Å². The van der Waals surface area contributed by atoms with Crippen LogP contribution in [-0.4, -0.2) is 58.0 Å². The Balaban J connectivity index is 1.43. The summed E-state index contributed by atoms with van der Waals surface area (Å²) in [6.07, 6.45) is 0.624. The maximum absolute atomic E-state index is 13.3. The summed E-state index contributed by atoms with van der Waals surface area (Å²) in [6.45, 7) is 0.476. The molecule has 3 N–H and O–H groups in total. The van der Waals surface area contributed by atoms with Crippen LogP contribution in [0.2, 0.25) is 0 Å². The number of benzene rings is 3. The van der Waals surface area contributed by atoms with Crippen LogP contribution in [0, 0.1) is 0 Å². The van der Waals surface area contributed by atoms with Crippen molar-refractivity contribution < 1.29 is 29.3 Å². The van der Waals surface area contributed by atoms with Crippen molar-refractivity contribution in [2.45, 2.75) is 24.5 Å². The van der Waals surface area contributed by atoms with Gasteiger partial charge in [0.2, 0.25) is 5.91 Å². The van der Waals surface area contributed by atoms with Gasteiger partial charge in [0.15, 0.2) is 33.9 Å². The molecule has 0 saturated heterocycles. The fourth-order valence-corrected chi connectivity index (χ4v) is 4.97. The number of carbonyl (C=O) groups excluding carboxylic acids is 2. The van der Waals surface area contributed by atoms with Gasteiger partial charge in [0, 0.05) is 25.1 Å². The SMILES string of the molecule is COc1ccc(CCNC(=O)CCn2c(SCC(=O)c3ccc(O)c(O)c3)nc3ccccc3c2=O)cc1OC. The lowest BCUT2D eigenvalue weighted by Crippen LogP contribution is -2.30. The number of amides is 1. The number of para-hydroxylation sites is 1. The Bertz CT molecular complexity index is 1600. The molecule has 1 heterocycles. The molecule has 0 aliphatic carbocycles. The van der Waals surface area contributed by atoms with Gasteiger partial charge in [0.05, 0.1) is 30.9 Å². The highest BCUT2D eigenvalue weighted by atomic mass is 32.2. The van der Waals surface area contributed by atoms with Crippen LogP contribution in [0.15, 0.2) is 70.6 Å². The molecule has 0 atom stereocenters. The van der Waals surface area contributed by atoms with Gasteiger partial charge in [-0.3, -0.25) is 19.0 Å². The summed E-state index contributed by atoms with van der Waals surface area (Å²) in [6, 6.07) is 16.3. The van der Waals surface area contributed by atoms with E-state index < -0.39 is 5.75 Å². The second-order valence-electron chi connectivity index (χ2n) is 8.82. The van der Waals surface area contributed by atoms with Gasteiger partial charge in [-0.2, -0.15) is 0 Å². The van der Waals surface area contributed by atoms with E-state index in [9.17, 15) is 24.6 Å². The number of phenols is 2. The van der Waals surface area contributed by atoms with Crippen LogP contribution in [0.5, 0.6) is 23.0 Å². The zero-order valence-electron chi connectivity index (χ0n) is 22.0. The summed E-state index contributed by atoms with van der Waals surface area (Å²) in [5.74, 6) is -0.0900. The highest BCUT2D eigenvalue weighted by molar-refractivity contribution is 7.99. The van der Waals surface area contributed by atoms with Crippen LogP contribution in [0.25, 0.3) is 10.9 Å². The minimum absolute atomic E-state index is 0.0409. The molecule has 0 unspecified atom stereocenters. The Morgan fingerprint density at radius 2 is 1.75 bits per heavy atom. The monoisotopic (exact) mass is 563 g/mol. The van der Waals surface area contributed by atoms with E-state index in [1.54, 1.807) is 38.5 Å². The van der Waals surface area contributed by atoms with E-state index in [4.69, 9.17) is 9.47 Å². The number of ether oxygens (including phenoxy) is 2. The van der Waals surface area contributed by atoms with E-state index in [0.717, 1.165) is 17.3 Å². The maximum Gasteiger partial charge on any atom is 0.262 e. The number of hydrogen-bond donors (Lipinski definition) is 3. The number of carbonyl (C=O) groups is 2. The molecule has 0 aliphatic heterocycles. The van der Waals surface area contributed by atoms with Crippen LogP contribution in [0.4, 0.5) is 0 Å². The van der Waals surface area contributed by atoms with E-state index in [-0.39, 0.29) is 47.3 Å². The molecule has 208 valence electrons. The van der Waals surface area contributed by atoms with Gasteiger partial charge in [-0.05, 0) is 54.4 Å². The van der Waals surface area contributed by atoms with Gasteiger partial charge in [-0.15, -0.1) is 0 Å². The minimum Gasteiger partial charge on any atom is -0.504 e. The Labute approximate surface area is 234 Å². The lowest BCUT2D eigenvalue weighted by molar-refractivity contribution is -0.121. The van der Waals surface area contributed by atoms with Crippen molar-refractivity contribution >= 4 is 34.4 Å². The normalized spacial score (nSPS) is 10.8. The van der Waals surface area contributed by atoms with Crippen molar-refractivity contribution in [2.24, 2.45) is 0 Å². The summed E-state index contributed by atoms with van der Waals surface area (Å²) in [7, 11) is 3.13. The van der Waals surface area contributed by atoms with Crippen molar-refractivity contribution in [1.29, 1.82) is 0 Å². The maximum atomic E-state index is 13.3. The number of nitrogens with zero attached hydrogens (tertiary/aromatic N) is 2. The Hall–Kier alpha value is -4.51. The highest BCUT2D eigenvalue weighted by Crippen LogP contribution is 2.28. The van der Waals surface area contributed by atoms with Crippen molar-refractivity contribution in [2.75, 3.05) is 26.5 Å². The smallest absolute Gasteiger partial charge is 0.262 e. The molecule has 0 saturated carbocycles. The van der Waals surface area contributed by atoms with Gasteiger partial charge in [-0.1, -0.05) is 30.0 Å². The quantitative estimate of drug-likeness (QED) is 0.102. The summed E-state index contributed by atoms with van der Waals surface area (Å²) in [4.78, 5) is 43.2. The van der Waals surface area contributed by atoms with Crippen LogP contribution >= 0.6 is 11.8 Å². The Morgan fingerprint density at radius 1 is 0.975 bits per heavy atom. The summed E-state index contributed by atoms with van der Waals surface area (Å²) < 4.78 is 12.0. The van der Waals surface area contributed by atoms with Crippen LogP contribution < -0.4 is 20.3 Å². The lowest BCUT2D eigenvalue weighted by atomic mass is 10.1. The molecular formula is C29H29N3O7S. The van der Waals surface area contributed by atoms with Crippen molar-refractivity contribution in [3.8, 4) is 23.0 Å². The zero-order chi connectivity index (χ0) is 28.6.